The summed E-state index contributed by atoms with van der Waals surface area (Å²) in [5.74, 6) is 0.410. The first-order valence-electron chi connectivity index (χ1n) is 35.5. The molecule has 2 aliphatic heterocycles. The predicted molar refractivity (Wildman–Crippen MR) is 431 cm³/mol. The first-order valence-corrected chi connectivity index (χ1v) is 35.5. The van der Waals surface area contributed by atoms with Crippen molar-refractivity contribution in [1.29, 1.82) is 0 Å². The lowest BCUT2D eigenvalue weighted by atomic mass is 9.73. The Morgan fingerprint density at radius 3 is 0.883 bits per heavy atom. The second-order valence-corrected chi connectivity index (χ2v) is 27.2. The minimum Gasteiger partial charge on any atom is -0.309 e. The Bertz CT molecular complexity index is 5830. The molecule has 1 aromatic heterocycles. The van der Waals surface area contributed by atoms with Gasteiger partial charge in [0.25, 0.3) is 0 Å². The van der Waals surface area contributed by atoms with Crippen LogP contribution in [0.3, 0.4) is 0 Å². The van der Waals surface area contributed by atoms with Crippen molar-refractivity contribution in [3.8, 4) is 101 Å². The number of hydrogen-bond acceptors (Lipinski definition) is 4. The number of aromatic nitrogens is 2. The molecule has 0 atom stereocenters. The highest BCUT2D eigenvalue weighted by Crippen LogP contribution is 2.64. The Morgan fingerprint density at radius 1 is 0.204 bits per heavy atom. The molecule has 0 amide bonds. The Hall–Kier alpha value is -13.5. The molecule has 0 aliphatic carbocycles. The highest BCUT2D eigenvalue weighted by atomic mass is 15.2. The average molecular weight is 1310 g/mol. The third-order valence-electron chi connectivity index (χ3n) is 21.2. The van der Waals surface area contributed by atoms with E-state index < -0.39 is 0 Å². The Morgan fingerprint density at radius 2 is 0.505 bits per heavy atom. The molecule has 0 spiro atoms. The number of fused-ring (bicyclic) bond motifs is 12. The van der Waals surface area contributed by atoms with Crippen LogP contribution in [0.1, 0.15) is 22.6 Å². The van der Waals surface area contributed by atoms with Crippen LogP contribution in [0.4, 0.5) is 34.1 Å². The molecule has 0 N–H and O–H groups in total. The molecular formula is C99H64N4. The van der Waals surface area contributed by atoms with Crippen molar-refractivity contribution in [2.75, 3.05) is 9.80 Å². The zero-order valence-electron chi connectivity index (χ0n) is 56.2. The smallest absolute Gasteiger partial charge is 0.160 e. The molecule has 0 bridgehead atoms. The molecule has 17 aromatic carbocycles. The molecule has 103 heavy (non-hydrogen) atoms. The molecule has 0 saturated heterocycles. The second kappa shape index (κ2) is 24.7. The van der Waals surface area contributed by atoms with Crippen LogP contribution in [-0.4, -0.2) is 9.97 Å². The molecule has 480 valence electrons. The van der Waals surface area contributed by atoms with E-state index in [2.05, 4.69) is 392 Å². The van der Waals surface area contributed by atoms with Crippen LogP contribution in [0.15, 0.2) is 382 Å². The summed E-state index contributed by atoms with van der Waals surface area (Å²) in [4.78, 5) is 17.0. The Labute approximate surface area is 598 Å². The zero-order chi connectivity index (χ0) is 67.9. The number of hydrogen-bond donors (Lipinski definition) is 0. The van der Waals surface area contributed by atoms with Crippen LogP contribution in [0.2, 0.25) is 0 Å². The van der Waals surface area contributed by atoms with E-state index in [0.717, 1.165) is 118 Å². The minimum atomic E-state index is -0.207. The van der Waals surface area contributed by atoms with Crippen LogP contribution in [0, 0.1) is 0 Å². The van der Waals surface area contributed by atoms with Crippen molar-refractivity contribution in [3.05, 3.63) is 399 Å². The highest BCUT2D eigenvalue weighted by molar-refractivity contribution is 6.18. The predicted octanol–water partition coefficient (Wildman–Crippen LogP) is 26.8. The van der Waals surface area contributed by atoms with Crippen LogP contribution >= 0.6 is 0 Å². The lowest BCUT2D eigenvalue weighted by molar-refractivity contribution is 0.916. The molecule has 0 saturated carbocycles. The van der Waals surface area contributed by atoms with Crippen molar-refractivity contribution in [2.24, 2.45) is 0 Å². The summed E-state index contributed by atoms with van der Waals surface area (Å²) in [7, 11) is 0. The SMILES string of the molecule is c1ccc(-c2ccc(N3c4cc(-c5cc(-c6cc(-c7ccccc7)cc(-c7ccccc7)c6)nc(-c6cc(-c7ccccc7)cc(-c7ccccc7)c6)n5)cc5c4C(c4ccc6c(ccc7ccccc76)c43)c3ccc4c(ccc6ccccc64)c3N5c3ccc(-c4ccccc4)cc3)cc2)cc1. The fourth-order valence-electron chi connectivity index (χ4n) is 16.3. The number of nitrogens with zero attached hydrogens (tertiary/aromatic N) is 4. The van der Waals surface area contributed by atoms with Gasteiger partial charge in [0.05, 0.1) is 34.1 Å². The van der Waals surface area contributed by atoms with E-state index in [0.29, 0.717) is 5.82 Å². The molecule has 0 fully saturated rings. The van der Waals surface area contributed by atoms with Crippen LogP contribution in [0.5, 0.6) is 0 Å². The second-order valence-electron chi connectivity index (χ2n) is 27.2. The summed E-state index contributed by atoms with van der Waals surface area (Å²) in [6.07, 6.45) is 0. The molecule has 20 rings (SSSR count). The summed E-state index contributed by atoms with van der Waals surface area (Å²) in [6.45, 7) is 0. The van der Waals surface area contributed by atoms with E-state index in [1.807, 2.05) is 0 Å². The Kier molecular flexibility index (Phi) is 14.3. The van der Waals surface area contributed by atoms with Crippen molar-refractivity contribution < 1.29 is 0 Å². The fraction of sp³-hybridized carbons (Fsp3) is 0.0101. The summed E-state index contributed by atoms with van der Waals surface area (Å²) in [5, 5.41) is 9.61. The molecular weight excluding hydrogens is 1250 g/mol. The van der Waals surface area contributed by atoms with E-state index >= 15 is 0 Å². The molecule has 4 heteroatoms. The van der Waals surface area contributed by atoms with Gasteiger partial charge in [0.1, 0.15) is 0 Å². The zero-order valence-corrected chi connectivity index (χ0v) is 56.2. The monoisotopic (exact) mass is 1310 g/mol. The van der Waals surface area contributed by atoms with Gasteiger partial charge < -0.3 is 9.80 Å². The van der Waals surface area contributed by atoms with Crippen molar-refractivity contribution >= 4 is 77.2 Å². The van der Waals surface area contributed by atoms with E-state index in [9.17, 15) is 0 Å². The third-order valence-corrected chi connectivity index (χ3v) is 21.2. The van der Waals surface area contributed by atoms with Gasteiger partial charge in [-0.3, -0.25) is 0 Å². The van der Waals surface area contributed by atoms with Gasteiger partial charge in [0.2, 0.25) is 0 Å². The summed E-state index contributed by atoms with van der Waals surface area (Å²) < 4.78 is 0. The first kappa shape index (κ1) is 59.5. The summed E-state index contributed by atoms with van der Waals surface area (Å²) >= 11 is 0. The number of benzene rings is 17. The van der Waals surface area contributed by atoms with Gasteiger partial charge in [-0.05, 0) is 189 Å². The highest BCUT2D eigenvalue weighted by Gasteiger charge is 2.43. The van der Waals surface area contributed by atoms with Gasteiger partial charge >= 0.3 is 0 Å². The molecule has 3 heterocycles. The van der Waals surface area contributed by atoms with Gasteiger partial charge in [-0.25, -0.2) is 9.97 Å². The van der Waals surface area contributed by atoms with Crippen molar-refractivity contribution in [2.45, 2.75) is 5.92 Å². The maximum Gasteiger partial charge on any atom is 0.160 e. The standard InChI is InChI=1S/C99H64N4/c1-7-23-64(24-8-1)70-39-45-81(46-40-70)102-93-61-79(92-63-91(78-57-74(66-27-11-3-12-28-66)55-75(58-78)67-29-13-4-14-30-67)100-99(101-92)80-59-76(68-31-15-5-16-32-68)56-77(60-80)69-33-17-6-18-34-69)62-94-96(93)95(89-53-51-85-83-37-21-19-35-72(83)43-49-87(85)97(89)102)90-54-52-86-84-38-22-20-36-73(84)44-50-88(86)98(90)103(94)82-47-41-71(42-48-82)65-25-9-2-10-26-65/h1-63,95H. The first-order chi connectivity index (χ1) is 51.0. The third kappa shape index (κ3) is 10.4. The van der Waals surface area contributed by atoms with Crippen LogP contribution in [-0.2, 0) is 0 Å². The quantitative estimate of drug-likeness (QED) is 0.121. The summed E-state index contributed by atoms with van der Waals surface area (Å²) in [5.41, 5.74) is 28.1. The molecule has 4 nitrogen and oxygen atoms in total. The molecule has 18 aromatic rings. The topological polar surface area (TPSA) is 32.3 Å². The van der Waals surface area contributed by atoms with Crippen molar-refractivity contribution in [3.63, 3.8) is 0 Å². The Balaban J connectivity index is 0.917. The normalized spacial score (nSPS) is 12.4. The molecule has 0 unspecified atom stereocenters. The molecule has 2 aliphatic rings. The maximum absolute atomic E-state index is 5.99. The summed E-state index contributed by atoms with van der Waals surface area (Å²) in [6, 6.07) is 141. The van der Waals surface area contributed by atoms with Gasteiger partial charge in [0.15, 0.2) is 5.82 Å². The lowest BCUT2D eigenvalue weighted by Gasteiger charge is -2.46. The largest absolute Gasteiger partial charge is 0.309 e. The van der Waals surface area contributed by atoms with E-state index in [-0.39, 0.29) is 5.92 Å². The number of anilines is 6. The van der Waals surface area contributed by atoms with Gasteiger partial charge in [-0.2, -0.15) is 0 Å². The minimum absolute atomic E-state index is 0.207. The van der Waals surface area contributed by atoms with Gasteiger partial charge in [-0.1, -0.05) is 303 Å². The molecule has 0 radical (unpaired) electrons. The van der Waals surface area contributed by atoms with Gasteiger partial charge in [-0.15, -0.1) is 0 Å². The fourth-order valence-corrected chi connectivity index (χ4v) is 16.3. The average Bonchev–Trinajstić information content (AvgIpc) is 0.684. The van der Waals surface area contributed by atoms with Crippen LogP contribution in [0.25, 0.3) is 144 Å². The van der Waals surface area contributed by atoms with E-state index in [4.69, 9.17) is 9.97 Å². The van der Waals surface area contributed by atoms with E-state index in [1.165, 1.54) is 70.9 Å². The maximum atomic E-state index is 5.99. The van der Waals surface area contributed by atoms with Gasteiger partial charge in [0, 0.05) is 50.3 Å². The number of rotatable bonds is 11. The lowest BCUT2D eigenvalue weighted by Crippen LogP contribution is -2.29. The van der Waals surface area contributed by atoms with Crippen LogP contribution < -0.4 is 9.80 Å². The van der Waals surface area contributed by atoms with E-state index in [1.54, 1.807) is 0 Å². The van der Waals surface area contributed by atoms with Crippen molar-refractivity contribution in [1.82, 2.24) is 9.97 Å².